The summed E-state index contributed by atoms with van der Waals surface area (Å²) in [6.07, 6.45) is 0.222. The van der Waals surface area contributed by atoms with Crippen molar-refractivity contribution in [3.05, 3.63) is 125 Å². The van der Waals surface area contributed by atoms with E-state index in [1.807, 2.05) is 36.4 Å². The number of ether oxygens (including phenoxy) is 1. The van der Waals surface area contributed by atoms with Gasteiger partial charge in [0.2, 0.25) is 11.8 Å². The minimum atomic E-state index is -4.23. The molecule has 0 aliphatic rings. The van der Waals surface area contributed by atoms with Crippen molar-refractivity contribution in [1.29, 1.82) is 0 Å². The molecule has 0 spiro atoms. The van der Waals surface area contributed by atoms with E-state index in [-0.39, 0.29) is 29.5 Å². The number of rotatable bonds is 14. The summed E-state index contributed by atoms with van der Waals surface area (Å²) in [7, 11) is -4.23. The second-order valence-corrected chi connectivity index (χ2v) is 12.3. The molecule has 230 valence electrons. The van der Waals surface area contributed by atoms with Crippen LogP contribution in [0.4, 0.5) is 5.69 Å². The van der Waals surface area contributed by atoms with Crippen LogP contribution >= 0.6 is 11.6 Å². The zero-order valence-electron chi connectivity index (χ0n) is 24.7. The number of para-hydroxylation sites is 2. The summed E-state index contributed by atoms with van der Waals surface area (Å²) in [5, 5.41) is 3.33. The first-order valence-electron chi connectivity index (χ1n) is 14.4. The van der Waals surface area contributed by atoms with E-state index in [9.17, 15) is 18.0 Å². The van der Waals surface area contributed by atoms with Crippen LogP contribution in [0.15, 0.2) is 114 Å². The number of amides is 2. The van der Waals surface area contributed by atoms with Gasteiger partial charge in [-0.3, -0.25) is 13.9 Å². The summed E-state index contributed by atoms with van der Waals surface area (Å²) >= 11 is 6.28. The Hall–Kier alpha value is -4.34. The van der Waals surface area contributed by atoms with E-state index < -0.39 is 28.5 Å². The molecule has 0 aliphatic carbocycles. The highest BCUT2D eigenvalue weighted by Gasteiger charge is 2.35. The standard InChI is InChI=1S/C34H36ClN3O5S/c1-3-36-34(40)31(23-26-14-7-5-8-15-26)37(24-27-16-13-17-28(35)22-27)33(39)25-38(30-20-11-12-21-32(30)43-4-2)44(41,42)29-18-9-6-10-19-29/h5-22,31H,3-4,23-25H2,1-2H3,(H,36,40). The number of nitrogens with one attached hydrogen (secondary N) is 1. The lowest BCUT2D eigenvalue weighted by molar-refractivity contribution is -0.140. The van der Waals surface area contributed by atoms with Crippen molar-refractivity contribution in [1.82, 2.24) is 10.2 Å². The van der Waals surface area contributed by atoms with Crippen molar-refractivity contribution in [3.63, 3.8) is 0 Å². The SMILES string of the molecule is CCNC(=O)C(Cc1ccccc1)N(Cc1cccc(Cl)c1)C(=O)CN(c1ccccc1OCC)S(=O)(=O)c1ccccc1. The first-order valence-corrected chi connectivity index (χ1v) is 16.2. The Morgan fingerprint density at radius 2 is 1.48 bits per heavy atom. The number of sulfonamides is 1. The van der Waals surface area contributed by atoms with E-state index in [1.165, 1.54) is 17.0 Å². The van der Waals surface area contributed by atoms with Crippen LogP contribution in [-0.4, -0.2) is 50.9 Å². The molecular formula is C34H36ClN3O5S. The molecule has 4 aromatic rings. The van der Waals surface area contributed by atoms with Gasteiger partial charge in [-0.05, 0) is 61.4 Å². The van der Waals surface area contributed by atoms with E-state index >= 15 is 0 Å². The van der Waals surface area contributed by atoms with Crippen LogP contribution in [0.5, 0.6) is 5.75 Å². The molecule has 0 saturated carbocycles. The number of benzene rings is 4. The highest BCUT2D eigenvalue weighted by Crippen LogP contribution is 2.33. The Morgan fingerprint density at radius 3 is 2.14 bits per heavy atom. The maximum Gasteiger partial charge on any atom is 0.264 e. The molecule has 1 atom stereocenters. The third-order valence-corrected chi connectivity index (χ3v) is 8.92. The van der Waals surface area contributed by atoms with E-state index in [0.717, 1.165) is 9.87 Å². The third kappa shape index (κ3) is 8.18. The van der Waals surface area contributed by atoms with E-state index in [1.54, 1.807) is 74.5 Å². The number of halogens is 1. The van der Waals surface area contributed by atoms with Gasteiger partial charge in [0.1, 0.15) is 18.3 Å². The molecule has 4 rings (SSSR count). The average molecular weight is 634 g/mol. The third-order valence-electron chi connectivity index (χ3n) is 6.91. The Bertz CT molecular complexity index is 1650. The van der Waals surface area contributed by atoms with Crippen molar-refractivity contribution in [2.75, 3.05) is 24.0 Å². The van der Waals surface area contributed by atoms with Crippen molar-refractivity contribution >= 4 is 39.1 Å². The van der Waals surface area contributed by atoms with Gasteiger partial charge in [-0.15, -0.1) is 0 Å². The van der Waals surface area contributed by atoms with E-state index in [4.69, 9.17) is 16.3 Å². The molecule has 2 amide bonds. The molecule has 10 heteroatoms. The van der Waals surface area contributed by atoms with Gasteiger partial charge in [0.05, 0.1) is 17.2 Å². The van der Waals surface area contributed by atoms with Crippen molar-refractivity contribution in [2.45, 2.75) is 37.8 Å². The zero-order chi connectivity index (χ0) is 31.5. The van der Waals surface area contributed by atoms with Crippen molar-refractivity contribution in [3.8, 4) is 5.75 Å². The molecule has 8 nitrogen and oxygen atoms in total. The molecule has 1 N–H and O–H groups in total. The molecule has 1 unspecified atom stereocenters. The second kappa shape index (κ2) is 15.4. The summed E-state index contributed by atoms with van der Waals surface area (Å²) in [5.74, 6) is -0.602. The number of carbonyl (C=O) groups excluding carboxylic acids is 2. The van der Waals surface area contributed by atoms with Crippen molar-refractivity contribution < 1.29 is 22.7 Å². The van der Waals surface area contributed by atoms with Gasteiger partial charge in [-0.25, -0.2) is 8.42 Å². The molecule has 0 bridgehead atoms. The van der Waals surface area contributed by atoms with Crippen LogP contribution in [0.2, 0.25) is 5.02 Å². The van der Waals surface area contributed by atoms with Crippen LogP contribution < -0.4 is 14.4 Å². The number of anilines is 1. The van der Waals surface area contributed by atoms with E-state index in [0.29, 0.717) is 29.5 Å². The fraction of sp³-hybridized carbons (Fsp3) is 0.235. The molecule has 0 fully saturated rings. The maximum absolute atomic E-state index is 14.5. The average Bonchev–Trinajstić information content (AvgIpc) is 3.03. The summed E-state index contributed by atoms with van der Waals surface area (Å²) in [6, 6.07) is 30.1. The molecule has 0 radical (unpaired) electrons. The number of hydrogen-bond acceptors (Lipinski definition) is 5. The van der Waals surface area contributed by atoms with Gasteiger partial charge in [-0.2, -0.15) is 0 Å². The number of likely N-dealkylation sites (N-methyl/N-ethyl adjacent to an activating group) is 1. The molecule has 0 aromatic heterocycles. The predicted octanol–water partition coefficient (Wildman–Crippen LogP) is 5.71. The molecular weight excluding hydrogens is 598 g/mol. The summed E-state index contributed by atoms with van der Waals surface area (Å²) < 4.78 is 35.1. The van der Waals surface area contributed by atoms with Crippen LogP contribution in [-0.2, 0) is 32.6 Å². The summed E-state index contributed by atoms with van der Waals surface area (Å²) in [5.41, 5.74) is 1.76. The normalized spacial score (nSPS) is 11.8. The van der Waals surface area contributed by atoms with Gasteiger partial charge < -0.3 is 15.0 Å². The molecule has 4 aromatic carbocycles. The Balaban J connectivity index is 1.82. The smallest absolute Gasteiger partial charge is 0.264 e. The van der Waals surface area contributed by atoms with Gasteiger partial charge in [0.25, 0.3) is 10.0 Å². The zero-order valence-corrected chi connectivity index (χ0v) is 26.3. The maximum atomic E-state index is 14.5. The van der Waals surface area contributed by atoms with Crippen molar-refractivity contribution in [2.24, 2.45) is 0 Å². The lowest BCUT2D eigenvalue weighted by atomic mass is 10.0. The number of hydrogen-bond donors (Lipinski definition) is 1. The summed E-state index contributed by atoms with van der Waals surface area (Å²) in [6.45, 7) is 3.71. The highest BCUT2D eigenvalue weighted by atomic mass is 35.5. The quantitative estimate of drug-likeness (QED) is 0.192. The van der Waals surface area contributed by atoms with Crippen LogP contribution in [0.3, 0.4) is 0 Å². The number of nitrogens with zero attached hydrogens (tertiary/aromatic N) is 2. The first kappa shape index (κ1) is 32.6. The Kier molecular flexibility index (Phi) is 11.4. The lowest BCUT2D eigenvalue weighted by Gasteiger charge is -2.34. The predicted molar refractivity (Wildman–Crippen MR) is 173 cm³/mol. The fourth-order valence-electron chi connectivity index (χ4n) is 4.85. The Labute approximate surface area is 264 Å². The van der Waals surface area contributed by atoms with Gasteiger partial charge in [0.15, 0.2) is 0 Å². The lowest BCUT2D eigenvalue weighted by Crippen LogP contribution is -2.53. The molecule has 0 saturated heterocycles. The Morgan fingerprint density at radius 1 is 0.841 bits per heavy atom. The van der Waals surface area contributed by atoms with E-state index in [2.05, 4.69) is 5.32 Å². The van der Waals surface area contributed by atoms with Crippen LogP contribution in [0.25, 0.3) is 0 Å². The van der Waals surface area contributed by atoms with Crippen LogP contribution in [0, 0.1) is 0 Å². The number of carbonyl (C=O) groups is 2. The fourth-order valence-corrected chi connectivity index (χ4v) is 6.51. The van der Waals surface area contributed by atoms with Crippen LogP contribution in [0.1, 0.15) is 25.0 Å². The molecule has 44 heavy (non-hydrogen) atoms. The largest absolute Gasteiger partial charge is 0.492 e. The molecule has 0 heterocycles. The minimum absolute atomic E-state index is 0.0186. The summed E-state index contributed by atoms with van der Waals surface area (Å²) in [4.78, 5) is 29.5. The van der Waals surface area contributed by atoms with Gasteiger partial charge in [0, 0.05) is 24.5 Å². The van der Waals surface area contributed by atoms with Gasteiger partial charge in [-0.1, -0.05) is 84.4 Å². The highest BCUT2D eigenvalue weighted by molar-refractivity contribution is 7.92. The van der Waals surface area contributed by atoms with Gasteiger partial charge >= 0.3 is 0 Å². The monoisotopic (exact) mass is 633 g/mol. The second-order valence-electron chi connectivity index (χ2n) is 9.98. The first-order chi connectivity index (χ1) is 21.2. The molecule has 0 aliphatic heterocycles. The minimum Gasteiger partial charge on any atom is -0.492 e. The topological polar surface area (TPSA) is 96.0 Å².